The molecule has 1 N–H and O–H groups in total. The summed E-state index contributed by atoms with van der Waals surface area (Å²) in [6.07, 6.45) is 2.43. The Morgan fingerprint density at radius 2 is 2.14 bits per heavy atom. The van der Waals surface area contributed by atoms with E-state index in [1.165, 1.54) is 23.4 Å². The van der Waals surface area contributed by atoms with Crippen molar-refractivity contribution in [3.05, 3.63) is 40.2 Å². The summed E-state index contributed by atoms with van der Waals surface area (Å²) < 4.78 is 14.3. The van der Waals surface area contributed by atoms with E-state index in [-0.39, 0.29) is 5.82 Å². The molecule has 0 saturated heterocycles. The van der Waals surface area contributed by atoms with Crippen LogP contribution in [0.15, 0.2) is 18.2 Å². The topological polar surface area (TPSA) is 24.9 Å². The lowest BCUT2D eigenvalue weighted by molar-refractivity contribution is 0.590. The first-order chi connectivity index (χ1) is 10.1. The Bertz CT molecular complexity index is 644. The van der Waals surface area contributed by atoms with Crippen LogP contribution in [-0.4, -0.2) is 11.0 Å². The summed E-state index contributed by atoms with van der Waals surface area (Å²) in [5.74, 6) is 0.448. The second-order valence-corrected chi connectivity index (χ2v) is 7.16. The highest BCUT2D eigenvalue weighted by Crippen LogP contribution is 2.44. The van der Waals surface area contributed by atoms with Crippen molar-refractivity contribution < 1.29 is 4.39 Å². The van der Waals surface area contributed by atoms with Crippen molar-refractivity contribution in [2.24, 2.45) is 0 Å². The molecule has 3 rings (SSSR count). The van der Waals surface area contributed by atoms with E-state index in [9.17, 15) is 4.39 Å². The highest BCUT2D eigenvalue weighted by atomic mass is 32.1. The summed E-state index contributed by atoms with van der Waals surface area (Å²) >= 11 is 1.63. The first kappa shape index (κ1) is 14.7. The molecule has 0 bridgehead atoms. The van der Waals surface area contributed by atoms with E-state index in [4.69, 9.17) is 4.98 Å². The van der Waals surface area contributed by atoms with Gasteiger partial charge in [-0.05, 0) is 31.4 Å². The van der Waals surface area contributed by atoms with Crippen LogP contribution < -0.4 is 5.32 Å². The quantitative estimate of drug-likeness (QED) is 0.871. The molecule has 0 spiro atoms. The number of aromatic nitrogens is 1. The Morgan fingerprint density at radius 3 is 2.81 bits per heavy atom. The summed E-state index contributed by atoms with van der Waals surface area (Å²) in [5.41, 5.74) is 2.50. The molecule has 1 aliphatic rings. The largest absolute Gasteiger partial charge is 0.310 e. The molecule has 1 heterocycles. The van der Waals surface area contributed by atoms with Gasteiger partial charge in [-0.1, -0.05) is 26.0 Å². The molecular formula is C17H21FN2S. The number of nitrogens with zero attached hydrogens (tertiary/aromatic N) is 1. The van der Waals surface area contributed by atoms with E-state index in [0.29, 0.717) is 23.1 Å². The number of aryl methyl sites for hydroxylation is 1. The molecule has 112 valence electrons. The molecular weight excluding hydrogens is 283 g/mol. The average molecular weight is 304 g/mol. The molecule has 4 heteroatoms. The average Bonchev–Trinajstić information content (AvgIpc) is 3.20. The van der Waals surface area contributed by atoms with E-state index >= 15 is 0 Å². The normalized spacial score (nSPS) is 14.9. The predicted octanol–water partition coefficient (Wildman–Crippen LogP) is 4.63. The van der Waals surface area contributed by atoms with Gasteiger partial charge in [0.2, 0.25) is 0 Å². The molecule has 0 amide bonds. The van der Waals surface area contributed by atoms with Gasteiger partial charge in [0.25, 0.3) is 0 Å². The SMILES string of the molecule is Cc1cccc(-c2nc(C3CC3)c(CNC(C)C)s2)c1F. The molecule has 0 atom stereocenters. The first-order valence-electron chi connectivity index (χ1n) is 7.54. The summed E-state index contributed by atoms with van der Waals surface area (Å²) in [6, 6.07) is 5.98. The molecule has 1 aliphatic carbocycles. The number of hydrogen-bond acceptors (Lipinski definition) is 3. The molecule has 1 aromatic heterocycles. The third kappa shape index (κ3) is 3.16. The maximum Gasteiger partial charge on any atom is 0.136 e. The first-order valence-corrected chi connectivity index (χ1v) is 8.36. The van der Waals surface area contributed by atoms with Crippen LogP contribution in [0, 0.1) is 12.7 Å². The maximum absolute atomic E-state index is 14.3. The molecule has 2 aromatic rings. The van der Waals surface area contributed by atoms with Crippen molar-refractivity contribution in [3.8, 4) is 10.6 Å². The Labute approximate surface area is 129 Å². The fraction of sp³-hybridized carbons (Fsp3) is 0.471. The molecule has 0 aliphatic heterocycles. The van der Waals surface area contributed by atoms with Crippen LogP contribution in [0.3, 0.4) is 0 Å². The number of hydrogen-bond donors (Lipinski definition) is 1. The van der Waals surface area contributed by atoms with Crippen LogP contribution in [-0.2, 0) is 6.54 Å². The summed E-state index contributed by atoms with van der Waals surface area (Å²) in [4.78, 5) is 6.03. The standard InChI is InChI=1S/C17H21FN2S/c1-10(2)19-9-14-16(12-7-8-12)20-17(21-14)13-6-4-5-11(3)15(13)18/h4-6,10,12,19H,7-9H2,1-3H3. The molecule has 21 heavy (non-hydrogen) atoms. The highest BCUT2D eigenvalue weighted by molar-refractivity contribution is 7.15. The monoisotopic (exact) mass is 304 g/mol. The predicted molar refractivity (Wildman–Crippen MR) is 86.2 cm³/mol. The number of thiazole rings is 1. The van der Waals surface area contributed by atoms with E-state index in [1.807, 2.05) is 12.1 Å². The second-order valence-electron chi connectivity index (χ2n) is 6.07. The maximum atomic E-state index is 14.3. The fourth-order valence-corrected chi connectivity index (χ4v) is 3.51. The Balaban J connectivity index is 1.96. The lowest BCUT2D eigenvalue weighted by Gasteiger charge is -2.07. The van der Waals surface area contributed by atoms with Gasteiger partial charge in [0.05, 0.1) is 5.69 Å². The van der Waals surface area contributed by atoms with Crippen molar-refractivity contribution in [1.29, 1.82) is 0 Å². The van der Waals surface area contributed by atoms with Gasteiger partial charge in [0.15, 0.2) is 0 Å². The van der Waals surface area contributed by atoms with E-state index < -0.39 is 0 Å². The summed E-state index contributed by atoms with van der Waals surface area (Å²) in [7, 11) is 0. The van der Waals surface area contributed by atoms with E-state index in [2.05, 4.69) is 19.2 Å². The van der Waals surface area contributed by atoms with Crippen molar-refractivity contribution in [2.45, 2.75) is 52.1 Å². The van der Waals surface area contributed by atoms with Crippen LogP contribution in [0.5, 0.6) is 0 Å². The van der Waals surface area contributed by atoms with Crippen LogP contribution in [0.2, 0.25) is 0 Å². The minimum absolute atomic E-state index is 0.142. The molecule has 0 unspecified atom stereocenters. The Hall–Kier alpha value is -1.26. The third-order valence-electron chi connectivity index (χ3n) is 3.78. The van der Waals surface area contributed by atoms with Gasteiger partial charge in [-0.15, -0.1) is 11.3 Å². The smallest absolute Gasteiger partial charge is 0.136 e. The molecule has 1 aromatic carbocycles. The highest BCUT2D eigenvalue weighted by Gasteiger charge is 2.30. The van der Waals surface area contributed by atoms with Gasteiger partial charge in [-0.25, -0.2) is 9.37 Å². The lowest BCUT2D eigenvalue weighted by Crippen LogP contribution is -2.21. The second kappa shape index (κ2) is 5.85. The zero-order valence-corrected chi connectivity index (χ0v) is 13.6. The summed E-state index contributed by atoms with van der Waals surface area (Å²) in [6.45, 7) is 6.90. The molecule has 0 radical (unpaired) electrons. The van der Waals surface area contributed by atoms with Gasteiger partial charge < -0.3 is 5.32 Å². The minimum Gasteiger partial charge on any atom is -0.310 e. The van der Waals surface area contributed by atoms with Gasteiger partial charge in [0.1, 0.15) is 10.8 Å². The molecule has 1 saturated carbocycles. The fourth-order valence-electron chi connectivity index (χ4n) is 2.39. The summed E-state index contributed by atoms with van der Waals surface area (Å²) in [5, 5.41) is 4.27. The van der Waals surface area contributed by atoms with Crippen LogP contribution in [0.1, 0.15) is 48.7 Å². The zero-order valence-electron chi connectivity index (χ0n) is 12.7. The van der Waals surface area contributed by atoms with Gasteiger partial charge in [-0.2, -0.15) is 0 Å². The van der Waals surface area contributed by atoms with Crippen LogP contribution in [0.25, 0.3) is 10.6 Å². The molecule has 1 fully saturated rings. The minimum atomic E-state index is -0.142. The number of rotatable bonds is 5. The Kier molecular flexibility index (Phi) is 4.09. The Morgan fingerprint density at radius 1 is 1.38 bits per heavy atom. The van der Waals surface area contributed by atoms with Crippen molar-refractivity contribution in [3.63, 3.8) is 0 Å². The third-order valence-corrected chi connectivity index (χ3v) is 4.89. The van der Waals surface area contributed by atoms with E-state index in [1.54, 1.807) is 24.3 Å². The number of benzene rings is 1. The number of nitrogens with one attached hydrogen (secondary N) is 1. The van der Waals surface area contributed by atoms with Crippen molar-refractivity contribution in [2.75, 3.05) is 0 Å². The van der Waals surface area contributed by atoms with Gasteiger partial charge >= 0.3 is 0 Å². The van der Waals surface area contributed by atoms with Crippen LogP contribution >= 0.6 is 11.3 Å². The number of halogens is 1. The van der Waals surface area contributed by atoms with Crippen molar-refractivity contribution >= 4 is 11.3 Å². The lowest BCUT2D eigenvalue weighted by atomic mass is 10.1. The van der Waals surface area contributed by atoms with E-state index in [0.717, 1.165) is 11.6 Å². The van der Waals surface area contributed by atoms with Crippen molar-refractivity contribution in [1.82, 2.24) is 10.3 Å². The van der Waals surface area contributed by atoms with Gasteiger partial charge in [0, 0.05) is 28.9 Å². The molecule has 2 nitrogen and oxygen atoms in total. The van der Waals surface area contributed by atoms with Gasteiger partial charge in [-0.3, -0.25) is 0 Å². The zero-order chi connectivity index (χ0) is 15.0. The van der Waals surface area contributed by atoms with Crippen LogP contribution in [0.4, 0.5) is 4.39 Å².